The van der Waals surface area contributed by atoms with Crippen molar-refractivity contribution in [1.29, 1.82) is 0 Å². The minimum absolute atomic E-state index is 0.0274. The SMILES string of the molecule is C=CCC(CC=C)(O[Si](C)(C)C(C)(C)C)[C@@H](/C=N/O)O[Si](C)(C)C(C)(C)C. The Hall–Kier alpha value is -0.696. The van der Waals surface area contributed by atoms with Gasteiger partial charge in [-0.25, -0.2) is 0 Å². The molecular weight excluding hydrogens is 370 g/mol. The van der Waals surface area contributed by atoms with Crippen LogP contribution in [0.4, 0.5) is 0 Å². The number of oxime groups is 1. The van der Waals surface area contributed by atoms with Crippen LogP contribution in [0.25, 0.3) is 0 Å². The van der Waals surface area contributed by atoms with E-state index >= 15 is 0 Å². The van der Waals surface area contributed by atoms with Crippen molar-refractivity contribution < 1.29 is 14.1 Å². The number of hydrogen-bond acceptors (Lipinski definition) is 4. The second kappa shape index (κ2) is 9.20. The van der Waals surface area contributed by atoms with Gasteiger partial charge in [0.2, 0.25) is 0 Å². The molecule has 1 N–H and O–H groups in total. The van der Waals surface area contributed by atoms with Gasteiger partial charge in [-0.15, -0.1) is 13.2 Å². The first-order chi connectivity index (χ1) is 12.0. The van der Waals surface area contributed by atoms with Crippen molar-refractivity contribution in [3.63, 3.8) is 0 Å². The fraction of sp³-hybridized carbons (Fsp3) is 0.762. The maximum atomic E-state index is 9.40. The van der Waals surface area contributed by atoms with Gasteiger partial charge in [-0.1, -0.05) is 58.9 Å². The molecule has 0 saturated carbocycles. The van der Waals surface area contributed by atoms with Crippen molar-refractivity contribution in [2.24, 2.45) is 5.16 Å². The summed E-state index contributed by atoms with van der Waals surface area (Å²) in [5.74, 6) is 0. The van der Waals surface area contributed by atoms with Gasteiger partial charge in [0, 0.05) is 0 Å². The van der Waals surface area contributed by atoms with Crippen LogP contribution in [0.1, 0.15) is 54.4 Å². The van der Waals surface area contributed by atoms with Crippen LogP contribution in [0.2, 0.25) is 36.3 Å². The summed E-state index contributed by atoms with van der Waals surface area (Å²) in [5, 5.41) is 12.8. The van der Waals surface area contributed by atoms with E-state index in [9.17, 15) is 5.21 Å². The second-order valence-electron chi connectivity index (χ2n) is 10.5. The highest BCUT2D eigenvalue weighted by atomic mass is 28.4. The number of rotatable bonds is 10. The summed E-state index contributed by atoms with van der Waals surface area (Å²) in [6, 6.07) is 0. The molecule has 27 heavy (non-hydrogen) atoms. The van der Waals surface area contributed by atoms with Gasteiger partial charge >= 0.3 is 0 Å². The second-order valence-corrected chi connectivity index (χ2v) is 20.0. The van der Waals surface area contributed by atoms with E-state index in [-0.39, 0.29) is 10.1 Å². The van der Waals surface area contributed by atoms with Crippen LogP contribution in [0.5, 0.6) is 0 Å². The standard InChI is InChI=1S/C21H43NO3Si2/c1-13-15-21(16-14-2,25-27(11,12)20(6,7)8)18(17-22-23)24-26(9,10)19(3,4)5/h13-14,17-18,23H,1-2,15-16H2,3-12H3/b22-17+/t18-/m1/s1. The Balaban J connectivity index is 6.33. The lowest BCUT2D eigenvalue weighted by molar-refractivity contribution is -0.0199. The summed E-state index contributed by atoms with van der Waals surface area (Å²) in [4.78, 5) is 0. The summed E-state index contributed by atoms with van der Waals surface area (Å²) in [5.41, 5.74) is -0.686. The predicted molar refractivity (Wildman–Crippen MR) is 123 cm³/mol. The summed E-state index contributed by atoms with van der Waals surface area (Å²) in [6.07, 6.45) is 5.93. The zero-order valence-corrected chi connectivity index (χ0v) is 21.3. The Morgan fingerprint density at radius 2 is 1.30 bits per heavy atom. The molecule has 1 atom stereocenters. The molecule has 0 radical (unpaired) electrons. The topological polar surface area (TPSA) is 51.0 Å². The van der Waals surface area contributed by atoms with Crippen molar-refractivity contribution in [2.75, 3.05) is 0 Å². The Labute approximate surface area is 170 Å². The molecule has 0 unspecified atom stereocenters. The van der Waals surface area contributed by atoms with Gasteiger partial charge in [-0.2, -0.15) is 0 Å². The summed E-state index contributed by atoms with van der Waals surface area (Å²) < 4.78 is 13.6. The van der Waals surface area contributed by atoms with Gasteiger partial charge < -0.3 is 14.1 Å². The third-order valence-electron chi connectivity index (χ3n) is 6.19. The Bertz CT molecular complexity index is 519. The molecule has 0 spiro atoms. The van der Waals surface area contributed by atoms with E-state index in [4.69, 9.17) is 8.85 Å². The lowest BCUT2D eigenvalue weighted by atomic mass is 9.90. The van der Waals surface area contributed by atoms with Crippen molar-refractivity contribution in [3.05, 3.63) is 25.3 Å². The predicted octanol–water partition coefficient (Wildman–Crippen LogP) is 6.75. The molecule has 0 aromatic carbocycles. The van der Waals surface area contributed by atoms with E-state index in [0.29, 0.717) is 12.8 Å². The summed E-state index contributed by atoms with van der Waals surface area (Å²) in [6.45, 7) is 30.0. The highest BCUT2D eigenvalue weighted by Crippen LogP contribution is 2.44. The number of hydrogen-bond donors (Lipinski definition) is 1. The van der Waals surface area contributed by atoms with Crippen LogP contribution in [0.15, 0.2) is 30.5 Å². The zero-order chi connectivity index (χ0) is 21.7. The minimum atomic E-state index is -2.13. The Morgan fingerprint density at radius 1 is 0.889 bits per heavy atom. The monoisotopic (exact) mass is 413 g/mol. The van der Waals surface area contributed by atoms with E-state index < -0.39 is 28.3 Å². The van der Waals surface area contributed by atoms with Crippen molar-refractivity contribution in [3.8, 4) is 0 Å². The molecule has 0 heterocycles. The van der Waals surface area contributed by atoms with Crippen LogP contribution >= 0.6 is 0 Å². The highest BCUT2D eigenvalue weighted by Gasteiger charge is 2.50. The highest BCUT2D eigenvalue weighted by molar-refractivity contribution is 6.74. The fourth-order valence-electron chi connectivity index (χ4n) is 2.44. The van der Waals surface area contributed by atoms with Crippen molar-refractivity contribution >= 4 is 22.8 Å². The molecule has 0 fully saturated rings. The van der Waals surface area contributed by atoms with Crippen LogP contribution in [0, 0.1) is 0 Å². The molecule has 0 saturated heterocycles. The lowest BCUT2D eigenvalue weighted by Gasteiger charge is -2.50. The van der Waals surface area contributed by atoms with Crippen LogP contribution in [0.3, 0.4) is 0 Å². The molecule has 4 nitrogen and oxygen atoms in total. The maximum absolute atomic E-state index is 9.40. The van der Waals surface area contributed by atoms with Crippen molar-refractivity contribution in [2.45, 2.75) is 102 Å². The zero-order valence-electron chi connectivity index (χ0n) is 19.3. The molecule has 0 aliphatic heterocycles. The maximum Gasteiger partial charge on any atom is 0.193 e. The molecule has 0 aromatic heterocycles. The van der Waals surface area contributed by atoms with Gasteiger partial charge in [0.1, 0.15) is 6.10 Å². The first-order valence-electron chi connectivity index (χ1n) is 9.77. The van der Waals surface area contributed by atoms with Gasteiger partial charge in [-0.3, -0.25) is 0 Å². The van der Waals surface area contributed by atoms with Crippen LogP contribution < -0.4 is 0 Å². The van der Waals surface area contributed by atoms with Crippen molar-refractivity contribution in [1.82, 2.24) is 0 Å². The van der Waals surface area contributed by atoms with E-state index in [1.165, 1.54) is 6.21 Å². The molecule has 0 aliphatic carbocycles. The third-order valence-corrected chi connectivity index (χ3v) is 15.2. The quantitative estimate of drug-likeness (QED) is 0.142. The smallest absolute Gasteiger partial charge is 0.193 e. The normalized spacial score (nSPS) is 15.8. The average Bonchev–Trinajstić information content (AvgIpc) is 2.44. The van der Waals surface area contributed by atoms with E-state index in [1.807, 2.05) is 12.2 Å². The molecule has 0 aromatic rings. The summed E-state index contributed by atoms with van der Waals surface area (Å²) in [7, 11) is -4.26. The molecule has 0 amide bonds. The van der Waals surface area contributed by atoms with Crippen LogP contribution in [-0.4, -0.2) is 39.8 Å². The fourth-order valence-corrected chi connectivity index (χ4v) is 5.30. The molecule has 0 bridgehead atoms. The third kappa shape index (κ3) is 6.70. The van der Waals surface area contributed by atoms with E-state index in [2.05, 4.69) is 86.0 Å². The van der Waals surface area contributed by atoms with Gasteiger partial charge in [0.05, 0.1) is 11.8 Å². The van der Waals surface area contributed by atoms with Gasteiger partial charge in [0.15, 0.2) is 16.6 Å². The van der Waals surface area contributed by atoms with Gasteiger partial charge in [0.25, 0.3) is 0 Å². The minimum Gasteiger partial charge on any atom is -0.411 e. The lowest BCUT2D eigenvalue weighted by Crippen LogP contribution is -2.59. The largest absolute Gasteiger partial charge is 0.411 e. The molecule has 6 heteroatoms. The molecule has 0 rings (SSSR count). The molecule has 0 aliphatic rings. The first-order valence-corrected chi connectivity index (χ1v) is 15.6. The summed E-state index contributed by atoms with van der Waals surface area (Å²) >= 11 is 0. The van der Waals surface area contributed by atoms with Gasteiger partial charge in [-0.05, 0) is 49.1 Å². The first kappa shape index (κ1) is 26.3. The van der Waals surface area contributed by atoms with E-state index in [1.54, 1.807) is 0 Å². The Morgan fingerprint density at radius 3 is 1.59 bits per heavy atom. The Kier molecular flexibility index (Phi) is 8.96. The molecular formula is C21H43NO3Si2. The van der Waals surface area contributed by atoms with Crippen LogP contribution in [-0.2, 0) is 8.85 Å². The number of nitrogens with zero attached hydrogens (tertiary/aromatic N) is 1. The average molecular weight is 414 g/mol. The van der Waals surface area contributed by atoms with E-state index in [0.717, 1.165) is 0 Å². The molecule has 158 valence electrons.